The Kier molecular flexibility index (Phi) is 6.62. The number of aryl methyl sites for hydroxylation is 1. The molecule has 5 nitrogen and oxygen atoms in total. The van der Waals surface area contributed by atoms with Crippen LogP contribution in [0.1, 0.15) is 53.0 Å². The van der Waals surface area contributed by atoms with Crippen molar-refractivity contribution in [2.45, 2.75) is 33.6 Å². The summed E-state index contributed by atoms with van der Waals surface area (Å²) in [6, 6.07) is 14.2. The van der Waals surface area contributed by atoms with Gasteiger partial charge in [0.15, 0.2) is 0 Å². The molecule has 1 aliphatic carbocycles. The molecule has 2 N–H and O–H groups in total. The van der Waals surface area contributed by atoms with E-state index in [1.54, 1.807) is 30.3 Å². The minimum Gasteiger partial charge on any atom is -0.322 e. The Labute approximate surface area is 177 Å². The first-order valence-corrected chi connectivity index (χ1v) is 10.0. The zero-order valence-corrected chi connectivity index (χ0v) is 17.7. The molecule has 0 heterocycles. The van der Waals surface area contributed by atoms with Gasteiger partial charge in [0.25, 0.3) is 11.8 Å². The van der Waals surface area contributed by atoms with Crippen LogP contribution in [0.5, 0.6) is 0 Å². The highest BCUT2D eigenvalue weighted by atomic mass is 16.2. The molecule has 3 rings (SSSR count). The van der Waals surface area contributed by atoms with Gasteiger partial charge in [-0.1, -0.05) is 36.4 Å². The molecule has 0 aromatic heterocycles. The molecule has 2 aromatic carbocycles. The molecule has 0 radical (unpaired) electrons. The smallest absolute Gasteiger partial charge is 0.271 e. The number of allylic oxidation sites excluding steroid dienone is 3. The third-order valence-corrected chi connectivity index (χ3v) is 5.39. The Morgan fingerprint density at radius 2 is 1.73 bits per heavy atom. The normalized spacial score (nSPS) is 17.2. The predicted octanol–water partition coefficient (Wildman–Crippen LogP) is 5.27. The Morgan fingerprint density at radius 1 is 1.03 bits per heavy atom. The van der Waals surface area contributed by atoms with Crippen molar-refractivity contribution in [3.8, 4) is 0 Å². The number of amides is 2. The summed E-state index contributed by atoms with van der Waals surface area (Å²) < 4.78 is 0. The molecular formula is C25H27N3O2. The van der Waals surface area contributed by atoms with Gasteiger partial charge >= 0.3 is 0 Å². The largest absolute Gasteiger partial charge is 0.322 e. The zero-order chi connectivity index (χ0) is 21.7. The van der Waals surface area contributed by atoms with Gasteiger partial charge in [0, 0.05) is 16.8 Å². The first-order valence-electron chi connectivity index (χ1n) is 10.0. The van der Waals surface area contributed by atoms with Crippen LogP contribution in [0, 0.1) is 12.8 Å². The number of rotatable bonds is 5. The van der Waals surface area contributed by atoms with Crippen LogP contribution in [0.15, 0.2) is 77.4 Å². The summed E-state index contributed by atoms with van der Waals surface area (Å²) in [5.74, 6) is -0.103. The van der Waals surface area contributed by atoms with Gasteiger partial charge in [-0.25, -0.2) is 5.43 Å². The van der Waals surface area contributed by atoms with Gasteiger partial charge in [-0.05, 0) is 81.0 Å². The lowest BCUT2D eigenvalue weighted by atomic mass is 9.85. The van der Waals surface area contributed by atoms with Gasteiger partial charge in [-0.3, -0.25) is 9.59 Å². The van der Waals surface area contributed by atoms with E-state index in [0.717, 1.165) is 35.3 Å². The third-order valence-electron chi connectivity index (χ3n) is 5.39. The highest BCUT2D eigenvalue weighted by Crippen LogP contribution is 2.26. The number of anilines is 1. The number of hydrogen-bond acceptors (Lipinski definition) is 3. The maximum Gasteiger partial charge on any atom is 0.271 e. The second-order valence-corrected chi connectivity index (χ2v) is 7.72. The minimum atomic E-state index is -0.287. The van der Waals surface area contributed by atoms with E-state index in [1.165, 1.54) is 0 Å². The average Bonchev–Trinajstić information content (AvgIpc) is 2.73. The van der Waals surface area contributed by atoms with Crippen LogP contribution < -0.4 is 10.7 Å². The summed E-state index contributed by atoms with van der Waals surface area (Å²) in [7, 11) is 0. The molecule has 1 atom stereocenters. The van der Waals surface area contributed by atoms with Gasteiger partial charge in [-0.15, -0.1) is 0 Å². The summed E-state index contributed by atoms with van der Waals surface area (Å²) in [6.07, 6.45) is 3.88. The summed E-state index contributed by atoms with van der Waals surface area (Å²) in [4.78, 5) is 24.9. The fraction of sp³-hybridized carbons (Fsp3) is 0.240. The van der Waals surface area contributed by atoms with Crippen molar-refractivity contribution in [3.05, 3.63) is 89.0 Å². The molecule has 2 amide bonds. The number of nitrogens with zero attached hydrogens (tertiary/aromatic N) is 1. The topological polar surface area (TPSA) is 70.6 Å². The Hall–Kier alpha value is -3.47. The van der Waals surface area contributed by atoms with Gasteiger partial charge in [-0.2, -0.15) is 5.10 Å². The number of carbonyl (C=O) groups is 2. The van der Waals surface area contributed by atoms with Crippen LogP contribution in [-0.4, -0.2) is 17.5 Å². The molecule has 1 aliphatic rings. The van der Waals surface area contributed by atoms with Crippen LogP contribution in [0.3, 0.4) is 0 Å². The van der Waals surface area contributed by atoms with E-state index in [-0.39, 0.29) is 11.8 Å². The van der Waals surface area contributed by atoms with E-state index >= 15 is 0 Å². The molecule has 2 aromatic rings. The lowest BCUT2D eigenvalue weighted by Gasteiger charge is -2.22. The lowest BCUT2D eigenvalue weighted by Crippen LogP contribution is -2.23. The van der Waals surface area contributed by atoms with E-state index in [4.69, 9.17) is 0 Å². The highest BCUT2D eigenvalue weighted by molar-refractivity contribution is 6.05. The van der Waals surface area contributed by atoms with E-state index in [2.05, 4.69) is 28.5 Å². The molecule has 0 saturated heterocycles. The molecule has 1 unspecified atom stereocenters. The van der Waals surface area contributed by atoms with Crippen LogP contribution in [0.25, 0.3) is 0 Å². The molecule has 0 fully saturated rings. The quantitative estimate of drug-likeness (QED) is 0.529. The van der Waals surface area contributed by atoms with Crippen LogP contribution in [-0.2, 0) is 0 Å². The number of carbonyl (C=O) groups excluding carboxylic acids is 2. The van der Waals surface area contributed by atoms with Crippen molar-refractivity contribution in [1.82, 2.24) is 5.43 Å². The number of hydrogen-bond donors (Lipinski definition) is 2. The molecule has 0 spiro atoms. The van der Waals surface area contributed by atoms with Gasteiger partial charge < -0.3 is 5.32 Å². The fourth-order valence-corrected chi connectivity index (χ4v) is 3.34. The third kappa shape index (κ3) is 5.11. The summed E-state index contributed by atoms with van der Waals surface area (Å²) in [5, 5.41) is 7.19. The van der Waals surface area contributed by atoms with E-state index < -0.39 is 0 Å². The van der Waals surface area contributed by atoms with E-state index in [0.29, 0.717) is 22.7 Å². The van der Waals surface area contributed by atoms with Gasteiger partial charge in [0.1, 0.15) is 0 Å². The SMILES string of the molecule is C=C(C)C1CC=C(C)C(=NNC(=O)c2ccc(NC(=O)c3ccccc3C)cc2)C1. The zero-order valence-electron chi connectivity index (χ0n) is 17.7. The lowest BCUT2D eigenvalue weighted by molar-refractivity contribution is 0.0954. The molecule has 154 valence electrons. The first-order chi connectivity index (χ1) is 14.3. The highest BCUT2D eigenvalue weighted by Gasteiger charge is 2.19. The maximum atomic E-state index is 12.5. The maximum absolute atomic E-state index is 12.5. The van der Waals surface area contributed by atoms with Crippen molar-refractivity contribution in [2.75, 3.05) is 5.32 Å². The van der Waals surface area contributed by atoms with Crippen molar-refractivity contribution in [3.63, 3.8) is 0 Å². The monoisotopic (exact) mass is 401 g/mol. The van der Waals surface area contributed by atoms with E-state index in [9.17, 15) is 9.59 Å². The molecule has 30 heavy (non-hydrogen) atoms. The standard InChI is InChI=1S/C25H27N3O2/c1-16(2)20-10-9-18(4)23(15-20)27-28-24(29)19-11-13-21(14-12-19)26-25(30)22-8-6-5-7-17(22)3/h5-9,11-14,20H,1,10,15H2,2-4H3,(H,26,30)(H,28,29). The van der Waals surface area contributed by atoms with Crippen molar-refractivity contribution >= 4 is 23.2 Å². The van der Waals surface area contributed by atoms with Crippen LogP contribution >= 0.6 is 0 Å². The molecule has 5 heteroatoms. The molecule has 0 saturated carbocycles. The Balaban J connectivity index is 1.63. The number of benzene rings is 2. The summed E-state index contributed by atoms with van der Waals surface area (Å²) in [6.45, 7) is 9.95. The summed E-state index contributed by atoms with van der Waals surface area (Å²) in [5.41, 5.74) is 8.37. The fourth-order valence-electron chi connectivity index (χ4n) is 3.34. The van der Waals surface area contributed by atoms with E-state index in [1.807, 2.05) is 39.0 Å². The second-order valence-electron chi connectivity index (χ2n) is 7.72. The predicted molar refractivity (Wildman–Crippen MR) is 122 cm³/mol. The van der Waals surface area contributed by atoms with Gasteiger partial charge in [0.05, 0.1) is 5.71 Å². The molecule has 0 bridgehead atoms. The Bertz CT molecular complexity index is 1030. The van der Waals surface area contributed by atoms with Crippen molar-refractivity contribution < 1.29 is 9.59 Å². The minimum absolute atomic E-state index is 0.177. The first kappa shape index (κ1) is 21.2. The molecular weight excluding hydrogens is 374 g/mol. The van der Waals surface area contributed by atoms with Gasteiger partial charge in [0.2, 0.25) is 0 Å². The van der Waals surface area contributed by atoms with Crippen molar-refractivity contribution in [2.24, 2.45) is 11.0 Å². The second kappa shape index (κ2) is 9.35. The Morgan fingerprint density at radius 3 is 2.40 bits per heavy atom. The average molecular weight is 402 g/mol. The number of hydrazone groups is 1. The number of nitrogens with one attached hydrogen (secondary N) is 2. The molecule has 0 aliphatic heterocycles. The van der Waals surface area contributed by atoms with Crippen molar-refractivity contribution in [1.29, 1.82) is 0 Å². The summed E-state index contributed by atoms with van der Waals surface area (Å²) >= 11 is 0. The van der Waals surface area contributed by atoms with Crippen LogP contribution in [0.2, 0.25) is 0 Å². The van der Waals surface area contributed by atoms with Crippen LogP contribution in [0.4, 0.5) is 5.69 Å².